The summed E-state index contributed by atoms with van der Waals surface area (Å²) in [6.45, 7) is 5.22. The molecule has 0 fully saturated rings. The summed E-state index contributed by atoms with van der Waals surface area (Å²) >= 11 is 0. The fraction of sp³-hybridized carbons (Fsp3) is 0.545. The average Bonchev–Trinajstić information content (AvgIpc) is 2.04. The Hall–Kier alpha value is -1.05. The van der Waals surface area contributed by atoms with E-state index in [-0.39, 0.29) is 5.97 Å². The third-order valence-corrected chi connectivity index (χ3v) is 2.07. The van der Waals surface area contributed by atoms with Gasteiger partial charge in [0.2, 0.25) is 0 Å². The van der Waals surface area contributed by atoms with Crippen molar-refractivity contribution < 1.29 is 9.53 Å². The van der Waals surface area contributed by atoms with E-state index in [1.165, 1.54) is 6.42 Å². The van der Waals surface area contributed by atoms with Crippen LogP contribution in [0, 0.1) is 5.92 Å². The Morgan fingerprint density at radius 1 is 1.69 bits per heavy atom. The van der Waals surface area contributed by atoms with Crippen LogP contribution in [0.4, 0.5) is 0 Å². The Balaban J connectivity index is 2.30. The third kappa shape index (κ3) is 3.92. The first-order valence-corrected chi connectivity index (χ1v) is 4.71. The number of esters is 1. The van der Waals surface area contributed by atoms with E-state index < -0.39 is 0 Å². The molecular weight excluding hydrogens is 164 g/mol. The number of carbonyl (C=O) groups is 1. The van der Waals surface area contributed by atoms with Crippen molar-refractivity contribution in [2.45, 2.75) is 32.6 Å². The number of hydrogen-bond donors (Lipinski definition) is 0. The lowest BCUT2D eigenvalue weighted by atomic mass is 9.93. The van der Waals surface area contributed by atoms with E-state index in [1.54, 1.807) is 6.92 Å². The molecule has 1 aliphatic rings. The zero-order chi connectivity index (χ0) is 9.68. The molecule has 1 unspecified atom stereocenters. The van der Waals surface area contributed by atoms with Crippen LogP contribution in [-0.4, -0.2) is 5.97 Å². The second-order valence-corrected chi connectivity index (χ2v) is 3.50. The molecule has 0 radical (unpaired) electrons. The summed E-state index contributed by atoms with van der Waals surface area (Å²) in [6.07, 6.45) is 8.17. The Bertz CT molecular complexity index is 228. The molecule has 72 valence electrons. The van der Waals surface area contributed by atoms with Gasteiger partial charge in [-0.3, -0.25) is 4.79 Å². The number of rotatable bonds is 3. The highest BCUT2D eigenvalue weighted by Crippen LogP contribution is 2.20. The molecule has 0 saturated heterocycles. The Morgan fingerprint density at radius 3 is 3.00 bits per heavy atom. The van der Waals surface area contributed by atoms with Crippen molar-refractivity contribution >= 4 is 5.97 Å². The standard InChI is InChI=1S/C11H16O2/c1-9(2)13-11(12)8-10-6-4-3-5-7-10/h4,6,10H,1,3,5,7-8H2,2H3. The van der Waals surface area contributed by atoms with E-state index in [1.807, 2.05) is 0 Å². The molecule has 0 aromatic rings. The second-order valence-electron chi connectivity index (χ2n) is 3.50. The van der Waals surface area contributed by atoms with Crippen LogP contribution in [0.3, 0.4) is 0 Å². The molecular formula is C11H16O2. The van der Waals surface area contributed by atoms with Crippen LogP contribution in [0.15, 0.2) is 24.5 Å². The van der Waals surface area contributed by atoms with Crippen LogP contribution >= 0.6 is 0 Å². The van der Waals surface area contributed by atoms with E-state index in [9.17, 15) is 4.79 Å². The first-order chi connectivity index (χ1) is 6.18. The highest BCUT2D eigenvalue weighted by Gasteiger charge is 2.14. The van der Waals surface area contributed by atoms with Gasteiger partial charge in [0, 0.05) is 0 Å². The largest absolute Gasteiger partial charge is 0.432 e. The van der Waals surface area contributed by atoms with Crippen molar-refractivity contribution in [2.24, 2.45) is 5.92 Å². The van der Waals surface area contributed by atoms with Gasteiger partial charge in [-0.1, -0.05) is 18.7 Å². The fourth-order valence-corrected chi connectivity index (χ4v) is 1.50. The summed E-state index contributed by atoms with van der Waals surface area (Å²) in [5.74, 6) is 0.689. The fourth-order valence-electron chi connectivity index (χ4n) is 1.50. The molecule has 0 spiro atoms. The number of hydrogen-bond acceptors (Lipinski definition) is 2. The van der Waals surface area contributed by atoms with Crippen LogP contribution in [0.5, 0.6) is 0 Å². The molecule has 1 rings (SSSR count). The lowest BCUT2D eigenvalue weighted by Gasteiger charge is -2.14. The van der Waals surface area contributed by atoms with Crippen LogP contribution in [0.1, 0.15) is 32.6 Å². The quantitative estimate of drug-likeness (QED) is 0.379. The van der Waals surface area contributed by atoms with Gasteiger partial charge in [0.05, 0.1) is 12.2 Å². The van der Waals surface area contributed by atoms with E-state index in [4.69, 9.17) is 4.74 Å². The van der Waals surface area contributed by atoms with Crippen molar-refractivity contribution in [3.63, 3.8) is 0 Å². The Kier molecular flexibility index (Phi) is 3.74. The minimum atomic E-state index is -0.163. The van der Waals surface area contributed by atoms with Crippen LogP contribution in [0.2, 0.25) is 0 Å². The highest BCUT2D eigenvalue weighted by atomic mass is 16.5. The van der Waals surface area contributed by atoms with E-state index in [0.29, 0.717) is 18.1 Å². The minimum absolute atomic E-state index is 0.163. The third-order valence-electron chi connectivity index (χ3n) is 2.07. The van der Waals surface area contributed by atoms with Crippen molar-refractivity contribution in [3.05, 3.63) is 24.5 Å². The molecule has 2 heteroatoms. The van der Waals surface area contributed by atoms with Gasteiger partial charge in [0.15, 0.2) is 0 Å². The molecule has 1 aliphatic carbocycles. The van der Waals surface area contributed by atoms with Gasteiger partial charge in [-0.25, -0.2) is 0 Å². The number of allylic oxidation sites excluding steroid dienone is 3. The normalized spacial score (nSPS) is 21.2. The summed E-state index contributed by atoms with van der Waals surface area (Å²) in [7, 11) is 0. The zero-order valence-electron chi connectivity index (χ0n) is 8.08. The molecule has 0 bridgehead atoms. The lowest BCUT2D eigenvalue weighted by Crippen LogP contribution is -2.10. The smallest absolute Gasteiger partial charge is 0.311 e. The summed E-state index contributed by atoms with van der Waals surface area (Å²) in [4.78, 5) is 11.2. The zero-order valence-corrected chi connectivity index (χ0v) is 8.08. The Morgan fingerprint density at radius 2 is 2.46 bits per heavy atom. The molecule has 2 nitrogen and oxygen atoms in total. The average molecular weight is 180 g/mol. The van der Waals surface area contributed by atoms with Gasteiger partial charge in [-0.15, -0.1) is 0 Å². The van der Waals surface area contributed by atoms with Crippen molar-refractivity contribution in [2.75, 3.05) is 0 Å². The first-order valence-electron chi connectivity index (χ1n) is 4.71. The second kappa shape index (κ2) is 4.85. The summed E-state index contributed by atoms with van der Waals surface area (Å²) in [5, 5.41) is 0. The molecule has 0 aromatic carbocycles. The van der Waals surface area contributed by atoms with Crippen molar-refractivity contribution in [1.29, 1.82) is 0 Å². The maximum atomic E-state index is 11.2. The first kappa shape index (κ1) is 10.0. The monoisotopic (exact) mass is 180 g/mol. The predicted octanol–water partition coefficient (Wildman–Crippen LogP) is 2.81. The summed E-state index contributed by atoms with van der Waals surface area (Å²) in [6, 6.07) is 0. The number of carbonyl (C=O) groups excluding carboxylic acids is 1. The van der Waals surface area contributed by atoms with Gasteiger partial charge < -0.3 is 4.74 Å². The Labute approximate surface area is 79.3 Å². The molecule has 0 N–H and O–H groups in total. The van der Waals surface area contributed by atoms with Crippen LogP contribution in [-0.2, 0) is 9.53 Å². The number of ether oxygens (including phenoxy) is 1. The molecule has 0 heterocycles. The molecule has 1 atom stereocenters. The minimum Gasteiger partial charge on any atom is -0.432 e. The van der Waals surface area contributed by atoms with Crippen LogP contribution in [0.25, 0.3) is 0 Å². The summed E-state index contributed by atoms with van der Waals surface area (Å²) < 4.78 is 4.89. The van der Waals surface area contributed by atoms with E-state index in [0.717, 1.165) is 12.8 Å². The van der Waals surface area contributed by atoms with Crippen molar-refractivity contribution in [3.8, 4) is 0 Å². The topological polar surface area (TPSA) is 26.3 Å². The van der Waals surface area contributed by atoms with Crippen molar-refractivity contribution in [1.82, 2.24) is 0 Å². The van der Waals surface area contributed by atoms with Gasteiger partial charge >= 0.3 is 5.97 Å². The predicted molar refractivity (Wildman–Crippen MR) is 52.0 cm³/mol. The van der Waals surface area contributed by atoms with Gasteiger partial charge in [0.1, 0.15) is 0 Å². The van der Waals surface area contributed by atoms with E-state index in [2.05, 4.69) is 18.7 Å². The van der Waals surface area contributed by atoms with Gasteiger partial charge in [0.25, 0.3) is 0 Å². The molecule has 0 saturated carbocycles. The maximum absolute atomic E-state index is 11.2. The molecule has 0 aromatic heterocycles. The highest BCUT2D eigenvalue weighted by molar-refractivity contribution is 5.71. The SMILES string of the molecule is C=C(C)OC(=O)CC1C=CCCC1. The lowest BCUT2D eigenvalue weighted by molar-refractivity contribution is -0.140. The molecule has 13 heavy (non-hydrogen) atoms. The molecule has 0 amide bonds. The van der Waals surface area contributed by atoms with Gasteiger partial charge in [-0.2, -0.15) is 0 Å². The molecule has 0 aliphatic heterocycles. The van der Waals surface area contributed by atoms with Gasteiger partial charge in [-0.05, 0) is 32.1 Å². The van der Waals surface area contributed by atoms with E-state index >= 15 is 0 Å². The maximum Gasteiger partial charge on any atom is 0.311 e. The van der Waals surface area contributed by atoms with Crippen LogP contribution < -0.4 is 0 Å². The summed E-state index contributed by atoms with van der Waals surface area (Å²) in [5.41, 5.74) is 0.